The lowest BCUT2D eigenvalue weighted by atomic mass is 9.78. The van der Waals surface area contributed by atoms with Crippen LogP contribution < -0.4 is 0 Å². The second-order valence-corrected chi connectivity index (χ2v) is 8.81. The van der Waals surface area contributed by atoms with Crippen molar-refractivity contribution < 1.29 is 9.59 Å². The fourth-order valence-electron chi connectivity index (χ4n) is 5.15. The van der Waals surface area contributed by atoms with E-state index >= 15 is 0 Å². The van der Waals surface area contributed by atoms with Crippen molar-refractivity contribution in [2.24, 2.45) is 5.92 Å². The fourth-order valence-corrected chi connectivity index (χ4v) is 5.15. The molecule has 5 heteroatoms. The van der Waals surface area contributed by atoms with Crippen molar-refractivity contribution in [3.63, 3.8) is 0 Å². The van der Waals surface area contributed by atoms with Crippen LogP contribution in [-0.4, -0.2) is 72.3 Å². The van der Waals surface area contributed by atoms with Crippen LogP contribution in [0.1, 0.15) is 54.4 Å². The third-order valence-corrected chi connectivity index (χ3v) is 6.92. The zero-order valence-electron chi connectivity index (χ0n) is 17.1. The molecule has 0 N–H and O–H groups in total. The minimum Gasteiger partial charge on any atom is -0.340 e. The Bertz CT molecular complexity index is 692. The highest BCUT2D eigenvalue weighted by molar-refractivity contribution is 5.94. The molecule has 0 aromatic heterocycles. The third kappa shape index (κ3) is 4.24. The van der Waals surface area contributed by atoms with Crippen LogP contribution in [0.2, 0.25) is 0 Å². The molecular formula is C23H33N3O2. The van der Waals surface area contributed by atoms with Gasteiger partial charge in [0, 0.05) is 44.3 Å². The summed E-state index contributed by atoms with van der Waals surface area (Å²) in [7, 11) is 2.09. The van der Waals surface area contributed by atoms with Crippen molar-refractivity contribution >= 4 is 11.8 Å². The number of piperidine rings is 1. The molecule has 0 bridgehead atoms. The molecule has 2 unspecified atom stereocenters. The zero-order chi connectivity index (χ0) is 19.5. The van der Waals surface area contributed by atoms with Crippen molar-refractivity contribution in [2.75, 3.05) is 39.8 Å². The second kappa shape index (κ2) is 8.64. The fraction of sp³-hybridized carbons (Fsp3) is 0.652. The molecule has 2 saturated heterocycles. The highest BCUT2D eigenvalue weighted by Gasteiger charge is 2.35. The molecule has 3 aliphatic rings. The van der Waals surface area contributed by atoms with Crippen LogP contribution in [0.5, 0.6) is 0 Å². The Balaban J connectivity index is 1.37. The maximum atomic E-state index is 13.1. The Hall–Kier alpha value is -1.88. The van der Waals surface area contributed by atoms with Gasteiger partial charge in [0.15, 0.2) is 0 Å². The van der Waals surface area contributed by atoms with Crippen LogP contribution in [0.25, 0.3) is 0 Å². The summed E-state index contributed by atoms with van der Waals surface area (Å²) in [6.07, 6.45) is 7.84. The number of amides is 2. The van der Waals surface area contributed by atoms with Gasteiger partial charge in [0.25, 0.3) is 5.91 Å². The first-order valence-electron chi connectivity index (χ1n) is 11.0. The smallest absolute Gasteiger partial charge is 0.254 e. The van der Waals surface area contributed by atoms with Gasteiger partial charge in [0.1, 0.15) is 0 Å². The van der Waals surface area contributed by atoms with Crippen LogP contribution in [-0.2, 0) is 11.2 Å². The molecule has 2 heterocycles. The Morgan fingerprint density at radius 1 is 0.893 bits per heavy atom. The average Bonchev–Trinajstić information content (AvgIpc) is 2.74. The lowest BCUT2D eigenvalue weighted by molar-refractivity contribution is -0.132. The minimum absolute atomic E-state index is 0.175. The molecule has 0 radical (unpaired) electrons. The standard InChI is InChI=1S/C23H33N3O2/c1-24-13-15-25(16-14-24)22(27)17-18-8-10-20(11-9-18)23(28)26-12-4-6-19-5-2-3-7-21(19)26/h8-11,19,21H,2-7,12-17H2,1H3. The summed E-state index contributed by atoms with van der Waals surface area (Å²) in [5.41, 5.74) is 1.76. The van der Waals surface area contributed by atoms with Crippen LogP contribution in [0.3, 0.4) is 0 Å². The predicted molar refractivity (Wildman–Crippen MR) is 110 cm³/mol. The van der Waals surface area contributed by atoms with Gasteiger partial charge in [-0.2, -0.15) is 0 Å². The number of rotatable bonds is 3. The molecule has 3 fully saturated rings. The molecule has 1 aromatic rings. The van der Waals surface area contributed by atoms with Gasteiger partial charge in [0.2, 0.25) is 5.91 Å². The number of hydrogen-bond acceptors (Lipinski definition) is 3. The van der Waals surface area contributed by atoms with Crippen LogP contribution >= 0.6 is 0 Å². The van der Waals surface area contributed by atoms with E-state index in [1.807, 2.05) is 29.2 Å². The second-order valence-electron chi connectivity index (χ2n) is 8.81. The van der Waals surface area contributed by atoms with E-state index in [0.717, 1.165) is 56.7 Å². The molecule has 2 atom stereocenters. The van der Waals surface area contributed by atoms with Crippen LogP contribution in [0.15, 0.2) is 24.3 Å². The van der Waals surface area contributed by atoms with E-state index in [-0.39, 0.29) is 11.8 Å². The van der Waals surface area contributed by atoms with E-state index in [1.165, 1.54) is 25.7 Å². The number of hydrogen-bond donors (Lipinski definition) is 0. The van der Waals surface area contributed by atoms with Gasteiger partial charge >= 0.3 is 0 Å². The van der Waals surface area contributed by atoms with Gasteiger partial charge in [-0.3, -0.25) is 9.59 Å². The summed E-state index contributed by atoms with van der Waals surface area (Å²) in [6, 6.07) is 8.20. The van der Waals surface area contributed by atoms with E-state index in [2.05, 4.69) is 16.8 Å². The molecule has 2 aliphatic heterocycles. The Kier molecular flexibility index (Phi) is 6.00. The van der Waals surface area contributed by atoms with Gasteiger partial charge in [-0.15, -0.1) is 0 Å². The van der Waals surface area contributed by atoms with Gasteiger partial charge in [-0.05, 0) is 56.3 Å². The number of piperazine rings is 1. The molecule has 152 valence electrons. The quantitative estimate of drug-likeness (QED) is 0.806. The lowest BCUT2D eigenvalue weighted by Crippen LogP contribution is -2.49. The molecular weight excluding hydrogens is 350 g/mol. The topological polar surface area (TPSA) is 43.9 Å². The zero-order valence-corrected chi connectivity index (χ0v) is 17.1. The highest BCUT2D eigenvalue weighted by atomic mass is 16.2. The molecule has 2 amide bonds. The molecule has 1 aliphatic carbocycles. The summed E-state index contributed by atoms with van der Waals surface area (Å²) in [5.74, 6) is 1.06. The molecule has 1 aromatic carbocycles. The monoisotopic (exact) mass is 383 g/mol. The maximum Gasteiger partial charge on any atom is 0.254 e. The first-order valence-corrected chi connectivity index (χ1v) is 11.0. The van der Waals surface area contributed by atoms with Crippen molar-refractivity contribution in [1.29, 1.82) is 0 Å². The maximum absolute atomic E-state index is 13.1. The number of nitrogens with zero attached hydrogens (tertiary/aromatic N) is 3. The van der Waals surface area contributed by atoms with E-state index in [4.69, 9.17) is 0 Å². The lowest BCUT2D eigenvalue weighted by Gasteiger charge is -2.44. The molecule has 28 heavy (non-hydrogen) atoms. The molecule has 0 spiro atoms. The number of likely N-dealkylation sites (N-methyl/N-ethyl adjacent to an activating group) is 1. The van der Waals surface area contributed by atoms with Crippen molar-refractivity contribution in [3.05, 3.63) is 35.4 Å². The number of benzene rings is 1. The summed E-state index contributed by atoms with van der Waals surface area (Å²) in [6.45, 7) is 4.39. The van der Waals surface area contributed by atoms with Gasteiger partial charge in [0.05, 0.1) is 6.42 Å². The minimum atomic E-state index is 0.175. The molecule has 5 nitrogen and oxygen atoms in total. The first kappa shape index (κ1) is 19.4. The first-order chi connectivity index (χ1) is 13.6. The van der Waals surface area contributed by atoms with E-state index < -0.39 is 0 Å². The number of fused-ring (bicyclic) bond motifs is 1. The summed E-state index contributed by atoms with van der Waals surface area (Å²) >= 11 is 0. The van der Waals surface area contributed by atoms with Crippen LogP contribution in [0, 0.1) is 5.92 Å². The summed E-state index contributed by atoms with van der Waals surface area (Å²) in [4.78, 5) is 32.0. The highest BCUT2D eigenvalue weighted by Crippen LogP contribution is 2.35. The van der Waals surface area contributed by atoms with Gasteiger partial charge < -0.3 is 14.7 Å². The largest absolute Gasteiger partial charge is 0.340 e. The molecule has 1 saturated carbocycles. The van der Waals surface area contributed by atoms with E-state index in [1.54, 1.807) is 0 Å². The van der Waals surface area contributed by atoms with Crippen LogP contribution in [0.4, 0.5) is 0 Å². The van der Waals surface area contributed by atoms with E-state index in [9.17, 15) is 9.59 Å². The van der Waals surface area contributed by atoms with Crippen molar-refractivity contribution in [2.45, 2.75) is 51.0 Å². The predicted octanol–water partition coefficient (Wildman–Crippen LogP) is 2.80. The number of likely N-dealkylation sites (tertiary alicyclic amines) is 1. The van der Waals surface area contributed by atoms with Gasteiger partial charge in [-0.25, -0.2) is 0 Å². The number of carbonyl (C=O) groups is 2. The third-order valence-electron chi connectivity index (χ3n) is 6.92. The SMILES string of the molecule is CN1CCN(C(=O)Cc2ccc(C(=O)N3CCCC4CCCCC43)cc2)CC1. The van der Waals surface area contributed by atoms with Crippen molar-refractivity contribution in [3.8, 4) is 0 Å². The Labute approximate surface area is 168 Å². The van der Waals surface area contributed by atoms with Gasteiger partial charge in [-0.1, -0.05) is 25.0 Å². The average molecular weight is 384 g/mol. The summed E-state index contributed by atoms with van der Waals surface area (Å²) in [5, 5.41) is 0. The Morgan fingerprint density at radius 3 is 2.32 bits per heavy atom. The van der Waals surface area contributed by atoms with Crippen molar-refractivity contribution in [1.82, 2.24) is 14.7 Å². The Morgan fingerprint density at radius 2 is 1.57 bits per heavy atom. The molecule has 4 rings (SSSR count). The summed E-state index contributed by atoms with van der Waals surface area (Å²) < 4.78 is 0. The number of carbonyl (C=O) groups excluding carboxylic acids is 2. The normalized spacial score (nSPS) is 26.0. The van der Waals surface area contributed by atoms with E-state index in [0.29, 0.717) is 18.4 Å².